The third kappa shape index (κ3) is 3.35. The highest BCUT2D eigenvalue weighted by atomic mass is 32.2. The number of benzene rings is 2. The molecule has 2 heterocycles. The molecule has 1 aromatic heterocycles. The number of aliphatic carboxylic acids is 1. The summed E-state index contributed by atoms with van der Waals surface area (Å²) in [7, 11) is 0. The van der Waals surface area contributed by atoms with Crippen LogP contribution in [0.3, 0.4) is 0 Å². The first kappa shape index (κ1) is 17.4. The van der Waals surface area contributed by atoms with Gasteiger partial charge in [-0.1, -0.05) is 53.7 Å². The minimum atomic E-state index is -0.922. The summed E-state index contributed by atoms with van der Waals surface area (Å²) in [5.74, 6) is -1.05. The van der Waals surface area contributed by atoms with Gasteiger partial charge < -0.3 is 5.11 Å². The molecule has 0 radical (unpaired) electrons. The van der Waals surface area contributed by atoms with E-state index in [-0.39, 0.29) is 12.2 Å². The molecule has 4 rings (SSSR count). The van der Waals surface area contributed by atoms with Crippen LogP contribution >= 0.6 is 11.8 Å². The Kier molecular flexibility index (Phi) is 4.49. The largest absolute Gasteiger partial charge is 0.481 e. The third-order valence-electron chi connectivity index (χ3n) is 4.19. The van der Waals surface area contributed by atoms with Crippen molar-refractivity contribution in [2.75, 3.05) is 0 Å². The average molecular weight is 382 g/mol. The van der Waals surface area contributed by atoms with Gasteiger partial charge in [0.25, 0.3) is 0 Å². The van der Waals surface area contributed by atoms with E-state index in [4.69, 9.17) is 0 Å². The van der Waals surface area contributed by atoms with Crippen molar-refractivity contribution in [1.29, 1.82) is 0 Å². The number of thioether (sulfide) groups is 1. The van der Waals surface area contributed by atoms with Crippen molar-refractivity contribution in [2.45, 2.75) is 23.8 Å². The van der Waals surface area contributed by atoms with Crippen molar-refractivity contribution in [3.8, 4) is 11.4 Å². The molecule has 1 atom stereocenters. The van der Waals surface area contributed by atoms with E-state index in [0.717, 1.165) is 11.1 Å². The molecule has 8 heteroatoms. The van der Waals surface area contributed by atoms with Crippen molar-refractivity contribution < 1.29 is 14.3 Å². The zero-order valence-corrected chi connectivity index (χ0v) is 15.2. The van der Waals surface area contributed by atoms with E-state index in [0.29, 0.717) is 16.4 Å². The average Bonchev–Trinajstić information content (AvgIpc) is 3.04. The molecule has 0 aliphatic carbocycles. The summed E-state index contributed by atoms with van der Waals surface area (Å²) in [6.07, 6.45) is -0.0979. The number of halogens is 1. The molecule has 6 nitrogen and oxygen atoms in total. The van der Waals surface area contributed by atoms with Crippen LogP contribution in [0, 0.1) is 12.7 Å². The predicted molar refractivity (Wildman–Crippen MR) is 100 cm³/mol. The minimum absolute atomic E-state index is 0.0979. The molecular formula is C19H15FN4O2S. The number of carbonyl (C=O) groups is 1. The lowest BCUT2D eigenvalue weighted by Crippen LogP contribution is -2.27. The molecule has 136 valence electrons. The predicted octanol–water partition coefficient (Wildman–Crippen LogP) is 3.59. The summed E-state index contributed by atoms with van der Waals surface area (Å²) < 4.78 is 15.7. The quantitative estimate of drug-likeness (QED) is 0.746. The SMILES string of the molecule is Cc1ccc(C2=Nn3c(nnc3-c3ccccc3F)S[C@@H]2CC(=O)O)cc1. The number of aromatic nitrogens is 3. The van der Waals surface area contributed by atoms with Gasteiger partial charge in [0.1, 0.15) is 5.82 Å². The van der Waals surface area contributed by atoms with E-state index in [1.165, 1.54) is 22.5 Å². The van der Waals surface area contributed by atoms with Crippen molar-refractivity contribution in [2.24, 2.45) is 5.10 Å². The van der Waals surface area contributed by atoms with Crippen LogP contribution in [0.1, 0.15) is 17.5 Å². The Hall–Kier alpha value is -3.00. The van der Waals surface area contributed by atoms with Gasteiger partial charge in [0.2, 0.25) is 5.16 Å². The molecule has 0 bridgehead atoms. The lowest BCUT2D eigenvalue weighted by molar-refractivity contribution is -0.136. The standard InChI is InChI=1S/C19H15FN4O2S/c1-11-6-8-12(9-7-11)17-15(10-16(25)26)27-19-22-21-18(24(19)23-17)13-4-2-3-5-14(13)20/h2-9,15H,10H2,1H3,(H,25,26)/t15-/m1/s1. The van der Waals surface area contributed by atoms with Crippen molar-refractivity contribution in [1.82, 2.24) is 14.9 Å². The molecule has 0 fully saturated rings. The Morgan fingerprint density at radius 3 is 2.63 bits per heavy atom. The van der Waals surface area contributed by atoms with E-state index in [1.54, 1.807) is 18.2 Å². The first-order valence-corrected chi connectivity index (χ1v) is 9.15. The van der Waals surface area contributed by atoms with Gasteiger partial charge in [0, 0.05) is 0 Å². The molecule has 1 aliphatic heterocycles. The summed E-state index contributed by atoms with van der Waals surface area (Å²) in [6, 6.07) is 14.0. The van der Waals surface area contributed by atoms with E-state index < -0.39 is 17.0 Å². The number of hydrogen-bond donors (Lipinski definition) is 1. The van der Waals surface area contributed by atoms with E-state index in [2.05, 4.69) is 15.3 Å². The Morgan fingerprint density at radius 2 is 1.93 bits per heavy atom. The smallest absolute Gasteiger partial charge is 0.304 e. The topological polar surface area (TPSA) is 80.4 Å². The summed E-state index contributed by atoms with van der Waals surface area (Å²) in [6.45, 7) is 1.98. The Labute approximate surface area is 158 Å². The molecule has 0 unspecified atom stereocenters. The van der Waals surface area contributed by atoms with Crippen LogP contribution in [0.25, 0.3) is 11.4 Å². The number of carboxylic acids is 1. The Bertz CT molecular complexity index is 1050. The molecule has 27 heavy (non-hydrogen) atoms. The van der Waals surface area contributed by atoms with E-state index in [1.807, 2.05) is 31.2 Å². The fraction of sp³-hybridized carbons (Fsp3) is 0.158. The minimum Gasteiger partial charge on any atom is -0.481 e. The summed E-state index contributed by atoms with van der Waals surface area (Å²) in [5, 5.41) is 22.1. The number of rotatable bonds is 4. The first-order chi connectivity index (χ1) is 13.0. The molecular weight excluding hydrogens is 367 g/mol. The van der Waals surface area contributed by atoms with E-state index >= 15 is 0 Å². The van der Waals surface area contributed by atoms with Crippen molar-refractivity contribution >= 4 is 23.4 Å². The summed E-state index contributed by atoms with van der Waals surface area (Å²) in [4.78, 5) is 11.3. The zero-order chi connectivity index (χ0) is 19.0. The molecule has 2 aromatic carbocycles. The second kappa shape index (κ2) is 6.96. The highest BCUT2D eigenvalue weighted by Gasteiger charge is 2.31. The highest BCUT2D eigenvalue weighted by Crippen LogP contribution is 2.35. The maximum absolute atomic E-state index is 14.2. The highest BCUT2D eigenvalue weighted by molar-refractivity contribution is 8.00. The van der Waals surface area contributed by atoms with Gasteiger partial charge in [-0.05, 0) is 24.6 Å². The van der Waals surface area contributed by atoms with Crippen LogP contribution in [0.4, 0.5) is 4.39 Å². The zero-order valence-electron chi connectivity index (χ0n) is 14.3. The Morgan fingerprint density at radius 1 is 1.19 bits per heavy atom. The lowest BCUT2D eigenvalue weighted by Gasteiger charge is -2.22. The van der Waals surface area contributed by atoms with Gasteiger partial charge >= 0.3 is 5.97 Å². The van der Waals surface area contributed by atoms with Crippen LogP contribution in [0.15, 0.2) is 58.8 Å². The maximum Gasteiger partial charge on any atom is 0.304 e. The molecule has 3 aromatic rings. The monoisotopic (exact) mass is 382 g/mol. The normalized spacial score (nSPS) is 15.9. The summed E-state index contributed by atoms with van der Waals surface area (Å²) in [5.41, 5.74) is 2.81. The van der Waals surface area contributed by atoms with Crippen molar-refractivity contribution in [3.05, 3.63) is 65.5 Å². The molecule has 0 saturated heterocycles. The fourth-order valence-electron chi connectivity index (χ4n) is 2.86. The van der Waals surface area contributed by atoms with Gasteiger partial charge in [-0.3, -0.25) is 4.79 Å². The van der Waals surface area contributed by atoms with E-state index in [9.17, 15) is 14.3 Å². The summed E-state index contributed by atoms with van der Waals surface area (Å²) >= 11 is 1.27. The van der Waals surface area contributed by atoms with Crippen LogP contribution < -0.4 is 0 Å². The molecule has 0 amide bonds. The van der Waals surface area contributed by atoms with Crippen LogP contribution in [-0.4, -0.2) is 36.9 Å². The number of hydrogen-bond acceptors (Lipinski definition) is 5. The van der Waals surface area contributed by atoms with Gasteiger partial charge in [0.15, 0.2) is 5.82 Å². The first-order valence-electron chi connectivity index (χ1n) is 8.27. The lowest BCUT2D eigenvalue weighted by atomic mass is 10.0. The van der Waals surface area contributed by atoms with Crippen molar-refractivity contribution in [3.63, 3.8) is 0 Å². The fourth-order valence-corrected chi connectivity index (χ4v) is 3.95. The van der Waals surface area contributed by atoms with Crippen LogP contribution in [0.2, 0.25) is 0 Å². The van der Waals surface area contributed by atoms with Crippen LogP contribution in [-0.2, 0) is 4.79 Å². The number of fused-ring (bicyclic) bond motifs is 1. The Balaban J connectivity index is 1.85. The molecule has 1 N–H and O–H groups in total. The number of carboxylic acid groups (broad SMARTS) is 1. The molecule has 1 aliphatic rings. The second-order valence-electron chi connectivity index (χ2n) is 6.15. The van der Waals surface area contributed by atoms with Gasteiger partial charge in [-0.2, -0.15) is 9.78 Å². The van der Waals surface area contributed by atoms with Gasteiger partial charge in [-0.25, -0.2) is 4.39 Å². The number of nitrogens with zero attached hydrogens (tertiary/aromatic N) is 4. The third-order valence-corrected chi connectivity index (χ3v) is 5.33. The second-order valence-corrected chi connectivity index (χ2v) is 7.32. The van der Waals surface area contributed by atoms with Gasteiger partial charge in [-0.15, -0.1) is 10.2 Å². The molecule has 0 spiro atoms. The van der Waals surface area contributed by atoms with Crippen LogP contribution in [0.5, 0.6) is 0 Å². The maximum atomic E-state index is 14.2. The number of aryl methyl sites for hydroxylation is 1. The molecule has 0 saturated carbocycles. The van der Waals surface area contributed by atoms with Gasteiger partial charge in [0.05, 0.1) is 22.9 Å².